The zero-order valence-electron chi connectivity index (χ0n) is 9.64. The van der Waals surface area contributed by atoms with Crippen molar-refractivity contribution >= 4 is 29.4 Å². The van der Waals surface area contributed by atoms with Crippen LogP contribution in [-0.4, -0.2) is 41.9 Å². The van der Waals surface area contributed by atoms with Crippen molar-refractivity contribution in [2.24, 2.45) is 0 Å². The van der Waals surface area contributed by atoms with Gasteiger partial charge in [0.05, 0.1) is 5.69 Å². The fraction of sp³-hybridized carbons (Fsp3) is 0.273. The molecule has 6 heteroatoms. The summed E-state index contributed by atoms with van der Waals surface area (Å²) >= 11 is 1.51. The van der Waals surface area contributed by atoms with E-state index in [1.807, 2.05) is 24.5 Å². The number of para-hydroxylation sites is 1. The summed E-state index contributed by atoms with van der Waals surface area (Å²) in [5.74, 6) is -1.04. The summed E-state index contributed by atoms with van der Waals surface area (Å²) in [5.41, 5.74) is 0.683. The first-order valence-electron chi connectivity index (χ1n) is 4.91. The van der Waals surface area contributed by atoms with E-state index in [1.54, 1.807) is 6.07 Å². The minimum Gasteiger partial charge on any atom is -0.480 e. The molecular weight excluding hydrogens is 240 g/mol. The first-order chi connectivity index (χ1) is 8.04. The second-order valence-electron chi connectivity index (χ2n) is 3.38. The van der Waals surface area contributed by atoms with Crippen molar-refractivity contribution in [2.45, 2.75) is 4.90 Å². The lowest BCUT2D eigenvalue weighted by molar-refractivity contribution is -0.137. The summed E-state index contributed by atoms with van der Waals surface area (Å²) in [4.78, 5) is 24.2. The van der Waals surface area contributed by atoms with Gasteiger partial charge in [0.2, 0.25) is 0 Å². The number of carbonyl (C=O) groups is 2. The molecule has 0 aromatic heterocycles. The molecule has 0 atom stereocenters. The molecule has 0 saturated carbocycles. The van der Waals surface area contributed by atoms with Crippen LogP contribution >= 0.6 is 11.8 Å². The van der Waals surface area contributed by atoms with E-state index in [0.717, 1.165) is 9.80 Å². The Morgan fingerprint density at radius 2 is 2.06 bits per heavy atom. The van der Waals surface area contributed by atoms with E-state index in [1.165, 1.54) is 18.8 Å². The highest BCUT2D eigenvalue weighted by atomic mass is 32.2. The number of benzene rings is 1. The van der Waals surface area contributed by atoms with Crippen LogP contribution in [0, 0.1) is 0 Å². The maximum atomic E-state index is 11.7. The molecule has 0 heterocycles. The quantitative estimate of drug-likeness (QED) is 0.806. The van der Waals surface area contributed by atoms with Gasteiger partial charge in [0.25, 0.3) is 0 Å². The van der Waals surface area contributed by atoms with E-state index in [-0.39, 0.29) is 6.54 Å². The van der Waals surface area contributed by atoms with E-state index in [0.29, 0.717) is 5.69 Å². The molecule has 5 nitrogen and oxygen atoms in total. The normalized spacial score (nSPS) is 9.76. The van der Waals surface area contributed by atoms with E-state index in [4.69, 9.17) is 5.11 Å². The summed E-state index contributed by atoms with van der Waals surface area (Å²) in [6.45, 7) is -0.326. The molecule has 1 rings (SSSR count). The van der Waals surface area contributed by atoms with Gasteiger partial charge in [-0.1, -0.05) is 12.1 Å². The second-order valence-corrected chi connectivity index (χ2v) is 4.23. The number of thioether (sulfide) groups is 1. The molecule has 0 radical (unpaired) electrons. The Morgan fingerprint density at radius 1 is 1.41 bits per heavy atom. The molecule has 0 fully saturated rings. The maximum absolute atomic E-state index is 11.7. The number of likely N-dealkylation sites (N-methyl/N-ethyl adjacent to an activating group) is 1. The number of urea groups is 1. The topological polar surface area (TPSA) is 69.6 Å². The first-order valence-corrected chi connectivity index (χ1v) is 6.14. The zero-order valence-corrected chi connectivity index (χ0v) is 10.5. The highest BCUT2D eigenvalue weighted by Gasteiger charge is 2.13. The molecule has 92 valence electrons. The van der Waals surface area contributed by atoms with Crippen LogP contribution < -0.4 is 5.32 Å². The van der Waals surface area contributed by atoms with Gasteiger partial charge in [-0.3, -0.25) is 4.79 Å². The van der Waals surface area contributed by atoms with Crippen molar-refractivity contribution in [1.82, 2.24) is 4.90 Å². The van der Waals surface area contributed by atoms with Gasteiger partial charge in [0, 0.05) is 11.9 Å². The lowest BCUT2D eigenvalue weighted by atomic mass is 10.3. The predicted octanol–water partition coefficient (Wildman–Crippen LogP) is 1.96. The number of rotatable bonds is 4. The molecule has 17 heavy (non-hydrogen) atoms. The average molecular weight is 254 g/mol. The van der Waals surface area contributed by atoms with Gasteiger partial charge >= 0.3 is 12.0 Å². The van der Waals surface area contributed by atoms with Gasteiger partial charge in [-0.25, -0.2) is 4.79 Å². The fourth-order valence-corrected chi connectivity index (χ4v) is 1.79. The Kier molecular flexibility index (Phi) is 4.84. The summed E-state index contributed by atoms with van der Waals surface area (Å²) in [6, 6.07) is 6.92. The molecule has 1 aromatic rings. The molecule has 0 bridgehead atoms. The van der Waals surface area contributed by atoms with E-state index < -0.39 is 12.0 Å². The molecule has 0 aliphatic heterocycles. The molecule has 0 spiro atoms. The van der Waals surface area contributed by atoms with Crippen molar-refractivity contribution in [3.63, 3.8) is 0 Å². The molecule has 0 saturated heterocycles. The summed E-state index contributed by atoms with van der Waals surface area (Å²) in [7, 11) is 1.44. The number of carbonyl (C=O) groups excluding carboxylic acids is 1. The van der Waals surface area contributed by atoms with E-state index >= 15 is 0 Å². The third kappa shape index (κ3) is 3.99. The van der Waals surface area contributed by atoms with Crippen molar-refractivity contribution in [3.05, 3.63) is 24.3 Å². The minimum atomic E-state index is -1.04. The van der Waals surface area contributed by atoms with Crippen LogP contribution in [0.5, 0.6) is 0 Å². The molecule has 2 amide bonds. The molecule has 0 unspecified atom stereocenters. The number of carboxylic acid groups (broad SMARTS) is 1. The Hall–Kier alpha value is -1.69. The van der Waals surface area contributed by atoms with Crippen LogP contribution in [-0.2, 0) is 4.79 Å². The Labute approximate surface area is 104 Å². The lowest BCUT2D eigenvalue weighted by Gasteiger charge is -2.16. The average Bonchev–Trinajstić information content (AvgIpc) is 2.28. The summed E-state index contributed by atoms with van der Waals surface area (Å²) in [5, 5.41) is 11.2. The highest BCUT2D eigenvalue weighted by Crippen LogP contribution is 2.24. The molecule has 0 aliphatic rings. The van der Waals surface area contributed by atoms with Gasteiger partial charge in [-0.2, -0.15) is 0 Å². The standard InChI is InChI=1S/C11H14N2O3S/c1-13(7-10(14)15)11(16)12-8-5-3-4-6-9(8)17-2/h3-6H,7H2,1-2H3,(H,12,16)(H,14,15). The number of nitrogens with zero attached hydrogens (tertiary/aromatic N) is 1. The molecule has 1 aromatic carbocycles. The van der Waals surface area contributed by atoms with Gasteiger partial charge in [0.15, 0.2) is 0 Å². The highest BCUT2D eigenvalue weighted by molar-refractivity contribution is 7.98. The fourth-order valence-electron chi connectivity index (χ4n) is 1.23. The third-order valence-corrected chi connectivity index (χ3v) is 2.86. The van der Waals surface area contributed by atoms with Crippen LogP contribution in [0.1, 0.15) is 0 Å². The van der Waals surface area contributed by atoms with Gasteiger partial charge in [-0.05, 0) is 18.4 Å². The van der Waals surface area contributed by atoms with Crippen LogP contribution in [0.3, 0.4) is 0 Å². The maximum Gasteiger partial charge on any atom is 0.323 e. The van der Waals surface area contributed by atoms with Crippen molar-refractivity contribution < 1.29 is 14.7 Å². The van der Waals surface area contributed by atoms with E-state index in [9.17, 15) is 9.59 Å². The molecule has 2 N–H and O–H groups in total. The number of hydrogen-bond acceptors (Lipinski definition) is 3. The summed E-state index contributed by atoms with van der Waals surface area (Å²) in [6.07, 6.45) is 1.91. The largest absolute Gasteiger partial charge is 0.480 e. The number of aliphatic carboxylic acids is 1. The number of nitrogens with one attached hydrogen (secondary N) is 1. The number of anilines is 1. The Morgan fingerprint density at radius 3 is 2.65 bits per heavy atom. The number of carboxylic acids is 1. The van der Waals surface area contributed by atoms with E-state index in [2.05, 4.69) is 5.32 Å². The Bertz CT molecular complexity index is 423. The van der Waals surface area contributed by atoms with Crippen molar-refractivity contribution in [3.8, 4) is 0 Å². The molecule has 0 aliphatic carbocycles. The van der Waals surface area contributed by atoms with Gasteiger partial charge in [0.1, 0.15) is 6.54 Å². The second kappa shape index (κ2) is 6.15. The SMILES string of the molecule is CSc1ccccc1NC(=O)N(C)CC(=O)O. The van der Waals surface area contributed by atoms with Crippen LogP contribution in [0.4, 0.5) is 10.5 Å². The van der Waals surface area contributed by atoms with Crippen LogP contribution in [0.25, 0.3) is 0 Å². The molecular formula is C11H14N2O3S. The predicted molar refractivity (Wildman–Crippen MR) is 67.5 cm³/mol. The van der Waals surface area contributed by atoms with Gasteiger partial charge in [-0.15, -0.1) is 11.8 Å². The first kappa shape index (κ1) is 13.4. The monoisotopic (exact) mass is 254 g/mol. The number of hydrogen-bond donors (Lipinski definition) is 2. The van der Waals surface area contributed by atoms with Crippen molar-refractivity contribution in [1.29, 1.82) is 0 Å². The lowest BCUT2D eigenvalue weighted by Crippen LogP contribution is -2.35. The summed E-state index contributed by atoms with van der Waals surface area (Å²) < 4.78 is 0. The smallest absolute Gasteiger partial charge is 0.323 e. The zero-order chi connectivity index (χ0) is 12.8. The third-order valence-electron chi connectivity index (χ3n) is 2.07. The number of amides is 2. The van der Waals surface area contributed by atoms with Crippen molar-refractivity contribution in [2.75, 3.05) is 25.2 Å². The minimum absolute atomic E-state index is 0.326. The van der Waals surface area contributed by atoms with Crippen LogP contribution in [0.15, 0.2) is 29.2 Å². The van der Waals surface area contributed by atoms with Gasteiger partial charge < -0.3 is 15.3 Å². The Balaban J connectivity index is 2.70. The van der Waals surface area contributed by atoms with Crippen LogP contribution in [0.2, 0.25) is 0 Å².